The van der Waals surface area contributed by atoms with Crippen molar-refractivity contribution >= 4 is 4.82 Å². The van der Waals surface area contributed by atoms with Crippen LogP contribution in [0.3, 0.4) is 0 Å². The standard InChI is InChI=1S/C7H8.CO.Co/c1-7-5-3-2-4-6-7;1-2;/h2-6H,1H3;;. The van der Waals surface area contributed by atoms with E-state index in [4.69, 9.17) is 4.79 Å². The Balaban J connectivity index is 0.000000236. The molecule has 0 aliphatic heterocycles. The van der Waals surface area contributed by atoms with Gasteiger partial charge in [0.05, 0.1) is 0 Å². The van der Waals surface area contributed by atoms with Gasteiger partial charge in [-0.15, -0.1) is 0 Å². The molecule has 0 spiro atoms. The fraction of sp³-hybridized carbons (Fsp3) is 0.125. The molecule has 0 aliphatic carbocycles. The van der Waals surface area contributed by atoms with Gasteiger partial charge in [-0.25, -0.2) is 0 Å². The molecule has 2 heteroatoms. The second-order valence-electron chi connectivity index (χ2n) is 1.72. The summed E-state index contributed by atoms with van der Waals surface area (Å²) in [5.74, 6) is 0. The number of rotatable bonds is 0. The van der Waals surface area contributed by atoms with Gasteiger partial charge in [0.1, 0.15) is 0 Å². The second-order valence-corrected chi connectivity index (χ2v) is 1.94. The monoisotopic (exact) mass is 179 g/mol. The zero-order valence-corrected chi connectivity index (χ0v) is 6.67. The third kappa shape index (κ3) is 5.44. The second kappa shape index (κ2) is 6.43. The topological polar surface area (TPSA) is 17.1 Å². The predicted molar refractivity (Wildman–Crippen MR) is 36.9 cm³/mol. The van der Waals surface area contributed by atoms with E-state index >= 15 is 0 Å². The van der Waals surface area contributed by atoms with Crippen LogP contribution in [-0.4, -0.2) is 4.82 Å². The van der Waals surface area contributed by atoms with E-state index in [9.17, 15) is 0 Å². The maximum absolute atomic E-state index is 8.54. The van der Waals surface area contributed by atoms with Gasteiger partial charge in [-0.05, 0) is 6.92 Å². The molecule has 1 rings (SSSR count). The molecule has 55 valence electrons. The van der Waals surface area contributed by atoms with Crippen molar-refractivity contribution in [1.29, 1.82) is 0 Å². The molecule has 0 saturated heterocycles. The normalized spacial score (nSPS) is 7.00. The Morgan fingerprint density at radius 1 is 1.30 bits per heavy atom. The Kier molecular flexibility index (Phi) is 5.98. The molecule has 0 bridgehead atoms. The molecule has 0 saturated carbocycles. The van der Waals surface area contributed by atoms with Crippen LogP contribution < -0.4 is 0 Å². The molecule has 0 aliphatic rings. The SMILES string of the molecule is Cc1ccccc1.O=[C]=[Co]. The van der Waals surface area contributed by atoms with E-state index in [0.29, 0.717) is 0 Å². The molecule has 0 fully saturated rings. The van der Waals surface area contributed by atoms with Gasteiger partial charge >= 0.3 is 24.9 Å². The van der Waals surface area contributed by atoms with E-state index in [1.165, 1.54) is 10.4 Å². The Bertz CT molecular complexity index is 200. The van der Waals surface area contributed by atoms with Crippen LogP contribution in [0, 0.1) is 6.92 Å². The van der Waals surface area contributed by atoms with Crippen LogP contribution in [-0.2, 0) is 20.1 Å². The molecule has 1 aromatic carbocycles. The molecule has 1 aromatic rings. The van der Waals surface area contributed by atoms with Crippen molar-refractivity contribution in [3.8, 4) is 0 Å². The molecule has 0 atom stereocenters. The van der Waals surface area contributed by atoms with Crippen LogP contribution in [0.2, 0.25) is 0 Å². The van der Waals surface area contributed by atoms with Crippen LogP contribution in [0.1, 0.15) is 5.56 Å². The van der Waals surface area contributed by atoms with Crippen molar-refractivity contribution in [2.45, 2.75) is 6.92 Å². The van der Waals surface area contributed by atoms with Gasteiger partial charge in [0, 0.05) is 0 Å². The van der Waals surface area contributed by atoms with Gasteiger partial charge in [-0.1, -0.05) is 35.9 Å². The first-order valence-electron chi connectivity index (χ1n) is 2.78. The van der Waals surface area contributed by atoms with E-state index in [2.05, 4.69) is 34.4 Å². The summed E-state index contributed by atoms with van der Waals surface area (Å²) in [5, 5.41) is 0. The summed E-state index contributed by atoms with van der Waals surface area (Å²) in [4.78, 5) is 9.73. The van der Waals surface area contributed by atoms with Gasteiger partial charge in [-0.2, -0.15) is 0 Å². The van der Waals surface area contributed by atoms with Gasteiger partial charge in [0.25, 0.3) is 0 Å². The fourth-order valence-electron chi connectivity index (χ4n) is 0.534. The van der Waals surface area contributed by atoms with Crippen molar-refractivity contribution in [2.24, 2.45) is 0 Å². The molecule has 0 radical (unpaired) electrons. The number of hydrogen-bond acceptors (Lipinski definition) is 1. The summed E-state index contributed by atoms with van der Waals surface area (Å²) in [6, 6.07) is 10.3. The van der Waals surface area contributed by atoms with Crippen molar-refractivity contribution in [3.05, 3.63) is 35.9 Å². The third-order valence-electron chi connectivity index (χ3n) is 0.940. The summed E-state index contributed by atoms with van der Waals surface area (Å²) < 4.78 is 0. The maximum atomic E-state index is 8.54. The van der Waals surface area contributed by atoms with Crippen LogP contribution in [0.5, 0.6) is 0 Å². The Hall–Kier alpha value is -0.694. The molecule has 0 aromatic heterocycles. The molecule has 0 unspecified atom stereocenters. The van der Waals surface area contributed by atoms with Crippen molar-refractivity contribution in [1.82, 2.24) is 0 Å². The molecule has 10 heavy (non-hydrogen) atoms. The number of benzene rings is 1. The van der Waals surface area contributed by atoms with E-state index in [0.717, 1.165) is 0 Å². The van der Waals surface area contributed by atoms with Crippen molar-refractivity contribution < 1.29 is 20.1 Å². The molecular weight excluding hydrogens is 171 g/mol. The predicted octanol–water partition coefficient (Wildman–Crippen LogP) is 1.60. The van der Waals surface area contributed by atoms with Crippen molar-refractivity contribution in [2.75, 3.05) is 0 Å². The average molecular weight is 179 g/mol. The average Bonchev–Trinajstić information content (AvgIpc) is 1.91. The minimum absolute atomic E-state index is 1.19. The third-order valence-corrected chi connectivity index (χ3v) is 0.940. The van der Waals surface area contributed by atoms with Gasteiger partial charge in [-0.3, -0.25) is 0 Å². The van der Waals surface area contributed by atoms with Crippen LogP contribution >= 0.6 is 0 Å². The number of carbonyl (C=O) groups excluding carboxylic acids is 1. The summed E-state index contributed by atoms with van der Waals surface area (Å²) in [5.41, 5.74) is 1.32. The first kappa shape index (κ1) is 9.31. The zero-order chi connectivity index (χ0) is 7.82. The zero-order valence-electron chi connectivity index (χ0n) is 5.63. The van der Waals surface area contributed by atoms with Gasteiger partial charge in [0.15, 0.2) is 0 Å². The van der Waals surface area contributed by atoms with Crippen LogP contribution in [0.15, 0.2) is 30.3 Å². The quantitative estimate of drug-likeness (QED) is 0.591. The van der Waals surface area contributed by atoms with Crippen LogP contribution in [0.25, 0.3) is 0 Å². The summed E-state index contributed by atoms with van der Waals surface area (Å²) >= 11 is 3.02. The fourth-order valence-corrected chi connectivity index (χ4v) is 0.534. The summed E-state index contributed by atoms with van der Waals surface area (Å²) in [7, 11) is 0. The first-order valence-corrected chi connectivity index (χ1v) is 3.30. The van der Waals surface area contributed by atoms with E-state index < -0.39 is 0 Å². The molecule has 0 N–H and O–H groups in total. The Labute approximate surface area is 68.2 Å². The summed E-state index contributed by atoms with van der Waals surface area (Å²) in [6.45, 7) is 2.08. The van der Waals surface area contributed by atoms with Crippen molar-refractivity contribution in [3.63, 3.8) is 0 Å². The first-order chi connectivity index (χ1) is 4.81. The Morgan fingerprint density at radius 3 is 1.90 bits per heavy atom. The van der Waals surface area contributed by atoms with Crippen LogP contribution in [0.4, 0.5) is 0 Å². The van der Waals surface area contributed by atoms with Gasteiger partial charge < -0.3 is 0 Å². The molecule has 1 nitrogen and oxygen atoms in total. The van der Waals surface area contributed by atoms with E-state index in [1.54, 1.807) is 0 Å². The van der Waals surface area contributed by atoms with Gasteiger partial charge in [0.2, 0.25) is 0 Å². The molecule has 0 heterocycles. The molecular formula is C8H8CoO. The van der Waals surface area contributed by atoms with E-state index in [-0.39, 0.29) is 0 Å². The van der Waals surface area contributed by atoms with E-state index in [1.807, 2.05) is 18.2 Å². The number of aryl methyl sites for hydroxylation is 1. The Morgan fingerprint density at radius 2 is 1.70 bits per heavy atom. The summed E-state index contributed by atoms with van der Waals surface area (Å²) in [6.07, 6.45) is 0. The minimum atomic E-state index is 1.19. The molecule has 0 amide bonds. The number of hydrogen-bond donors (Lipinski definition) is 0.